The lowest BCUT2D eigenvalue weighted by Gasteiger charge is -2.30. The fourth-order valence-corrected chi connectivity index (χ4v) is 2.86. The Morgan fingerprint density at radius 3 is 2.70 bits per heavy atom. The second-order valence-electron chi connectivity index (χ2n) is 5.45. The standard InChI is InChI=1S/C15H20N2O3/c18-11-12-5-7-16(8-6-12)9-10-17-13-3-1-2-4-14(13)20-15(17)19/h1-4,12,18H,5-11H2. The Hall–Kier alpha value is -1.59. The first-order valence-electron chi connectivity index (χ1n) is 7.19. The molecule has 0 aliphatic carbocycles. The summed E-state index contributed by atoms with van der Waals surface area (Å²) in [7, 11) is 0. The quantitative estimate of drug-likeness (QED) is 0.914. The number of rotatable bonds is 4. The lowest BCUT2D eigenvalue weighted by atomic mass is 9.98. The molecule has 108 valence electrons. The minimum absolute atomic E-state index is 0.281. The lowest BCUT2D eigenvalue weighted by Crippen LogP contribution is -2.37. The second-order valence-corrected chi connectivity index (χ2v) is 5.45. The van der Waals surface area contributed by atoms with Crippen LogP contribution in [-0.4, -0.2) is 40.8 Å². The minimum Gasteiger partial charge on any atom is -0.408 e. The zero-order valence-corrected chi connectivity index (χ0v) is 11.5. The molecule has 0 atom stereocenters. The highest BCUT2D eigenvalue weighted by Crippen LogP contribution is 2.17. The van der Waals surface area contributed by atoms with Crippen LogP contribution in [0, 0.1) is 5.92 Å². The molecule has 1 aromatic carbocycles. The van der Waals surface area contributed by atoms with Gasteiger partial charge in [-0.15, -0.1) is 0 Å². The van der Waals surface area contributed by atoms with Crippen LogP contribution in [0.3, 0.4) is 0 Å². The molecule has 0 spiro atoms. The van der Waals surface area contributed by atoms with E-state index in [-0.39, 0.29) is 5.76 Å². The van der Waals surface area contributed by atoms with Gasteiger partial charge in [-0.05, 0) is 44.0 Å². The van der Waals surface area contributed by atoms with E-state index in [1.807, 2.05) is 24.3 Å². The number of aliphatic hydroxyl groups excluding tert-OH is 1. The molecule has 0 unspecified atom stereocenters. The molecule has 1 aliphatic heterocycles. The highest BCUT2D eigenvalue weighted by Gasteiger charge is 2.18. The summed E-state index contributed by atoms with van der Waals surface area (Å²) in [6, 6.07) is 7.52. The number of aromatic nitrogens is 1. The first-order chi connectivity index (χ1) is 9.78. The fourth-order valence-electron chi connectivity index (χ4n) is 2.86. The number of hydrogen-bond acceptors (Lipinski definition) is 4. The van der Waals surface area contributed by atoms with Gasteiger partial charge in [0, 0.05) is 19.7 Å². The SMILES string of the molecule is O=c1oc2ccccc2n1CCN1CCC(CO)CC1. The van der Waals surface area contributed by atoms with Crippen LogP contribution in [0.4, 0.5) is 0 Å². The molecule has 1 aliphatic rings. The van der Waals surface area contributed by atoms with Gasteiger partial charge in [0.25, 0.3) is 0 Å². The zero-order chi connectivity index (χ0) is 13.9. The highest BCUT2D eigenvalue weighted by atomic mass is 16.4. The average molecular weight is 276 g/mol. The van der Waals surface area contributed by atoms with E-state index in [0.29, 0.717) is 24.7 Å². The van der Waals surface area contributed by atoms with E-state index in [0.717, 1.165) is 38.0 Å². The van der Waals surface area contributed by atoms with Crippen molar-refractivity contribution in [2.45, 2.75) is 19.4 Å². The van der Waals surface area contributed by atoms with Crippen LogP contribution < -0.4 is 5.76 Å². The maximum absolute atomic E-state index is 11.9. The van der Waals surface area contributed by atoms with Crippen molar-refractivity contribution < 1.29 is 9.52 Å². The molecule has 1 aromatic heterocycles. The summed E-state index contributed by atoms with van der Waals surface area (Å²) in [5, 5.41) is 9.14. The summed E-state index contributed by atoms with van der Waals surface area (Å²) < 4.78 is 6.93. The van der Waals surface area contributed by atoms with E-state index in [9.17, 15) is 4.79 Å². The summed E-state index contributed by atoms with van der Waals surface area (Å²) in [6.45, 7) is 3.78. The number of nitrogens with zero attached hydrogens (tertiary/aromatic N) is 2. The lowest BCUT2D eigenvalue weighted by molar-refractivity contribution is 0.129. The molecule has 0 saturated carbocycles. The van der Waals surface area contributed by atoms with Gasteiger partial charge in [0.05, 0.1) is 5.52 Å². The summed E-state index contributed by atoms with van der Waals surface area (Å²) in [6.07, 6.45) is 2.08. The van der Waals surface area contributed by atoms with E-state index < -0.39 is 0 Å². The van der Waals surface area contributed by atoms with Crippen molar-refractivity contribution in [2.75, 3.05) is 26.2 Å². The molecule has 5 nitrogen and oxygen atoms in total. The Labute approximate surface area is 117 Å². The molecule has 3 rings (SSSR count). The maximum atomic E-state index is 11.9. The van der Waals surface area contributed by atoms with Gasteiger partial charge in [-0.2, -0.15) is 0 Å². The number of aliphatic hydroxyl groups is 1. The molecule has 0 bridgehead atoms. The van der Waals surface area contributed by atoms with Gasteiger partial charge in [-0.25, -0.2) is 4.79 Å². The summed E-state index contributed by atoms with van der Waals surface area (Å²) in [5.41, 5.74) is 1.51. The highest BCUT2D eigenvalue weighted by molar-refractivity contribution is 5.72. The number of piperidine rings is 1. The van der Waals surface area contributed by atoms with Gasteiger partial charge in [0.2, 0.25) is 0 Å². The van der Waals surface area contributed by atoms with Crippen molar-refractivity contribution >= 4 is 11.1 Å². The number of hydrogen-bond donors (Lipinski definition) is 1. The molecule has 0 amide bonds. The number of oxazole rings is 1. The molecule has 1 fully saturated rings. The Bertz CT molecular complexity index is 623. The van der Waals surface area contributed by atoms with Gasteiger partial charge < -0.3 is 14.4 Å². The Balaban J connectivity index is 1.66. The van der Waals surface area contributed by atoms with Crippen molar-refractivity contribution in [3.63, 3.8) is 0 Å². The first-order valence-corrected chi connectivity index (χ1v) is 7.19. The Morgan fingerprint density at radius 2 is 1.95 bits per heavy atom. The molecule has 1 N–H and O–H groups in total. The predicted octanol–water partition coefficient (Wildman–Crippen LogP) is 1.30. The Morgan fingerprint density at radius 1 is 1.20 bits per heavy atom. The molecule has 0 radical (unpaired) electrons. The third kappa shape index (κ3) is 2.64. The molecule has 2 aromatic rings. The zero-order valence-electron chi connectivity index (χ0n) is 11.5. The molecule has 1 saturated heterocycles. The molecular formula is C15H20N2O3. The van der Waals surface area contributed by atoms with Gasteiger partial charge >= 0.3 is 5.76 Å². The number of likely N-dealkylation sites (tertiary alicyclic amines) is 1. The van der Waals surface area contributed by atoms with E-state index in [2.05, 4.69) is 4.90 Å². The Kier molecular flexibility index (Phi) is 3.89. The van der Waals surface area contributed by atoms with Gasteiger partial charge in [-0.3, -0.25) is 4.57 Å². The van der Waals surface area contributed by atoms with Crippen molar-refractivity contribution in [3.8, 4) is 0 Å². The molecular weight excluding hydrogens is 256 g/mol. The monoisotopic (exact) mass is 276 g/mol. The smallest absolute Gasteiger partial charge is 0.408 e. The van der Waals surface area contributed by atoms with E-state index in [1.165, 1.54) is 0 Å². The average Bonchev–Trinajstić information content (AvgIpc) is 2.81. The van der Waals surface area contributed by atoms with Crippen LogP contribution in [0.15, 0.2) is 33.5 Å². The van der Waals surface area contributed by atoms with Crippen molar-refractivity contribution in [1.29, 1.82) is 0 Å². The number of benzene rings is 1. The van der Waals surface area contributed by atoms with Crippen LogP contribution in [0.25, 0.3) is 11.1 Å². The second kappa shape index (κ2) is 5.81. The van der Waals surface area contributed by atoms with E-state index in [1.54, 1.807) is 4.57 Å². The maximum Gasteiger partial charge on any atom is 0.419 e. The van der Waals surface area contributed by atoms with Crippen LogP contribution in [0.2, 0.25) is 0 Å². The summed E-state index contributed by atoms with van der Waals surface area (Å²) >= 11 is 0. The van der Waals surface area contributed by atoms with Crippen LogP contribution in [0.5, 0.6) is 0 Å². The molecule has 2 heterocycles. The van der Waals surface area contributed by atoms with Crippen LogP contribution in [0.1, 0.15) is 12.8 Å². The van der Waals surface area contributed by atoms with E-state index in [4.69, 9.17) is 9.52 Å². The summed E-state index contributed by atoms with van der Waals surface area (Å²) in [5.74, 6) is 0.167. The number of para-hydroxylation sites is 2. The van der Waals surface area contributed by atoms with Crippen LogP contribution in [-0.2, 0) is 6.54 Å². The van der Waals surface area contributed by atoms with Crippen molar-refractivity contribution in [1.82, 2.24) is 9.47 Å². The third-order valence-electron chi connectivity index (χ3n) is 4.18. The largest absolute Gasteiger partial charge is 0.419 e. The minimum atomic E-state index is -0.281. The first kappa shape index (κ1) is 13.4. The molecule has 5 heteroatoms. The van der Waals surface area contributed by atoms with Gasteiger partial charge in [0.1, 0.15) is 0 Å². The van der Waals surface area contributed by atoms with Crippen molar-refractivity contribution in [3.05, 3.63) is 34.8 Å². The van der Waals surface area contributed by atoms with E-state index >= 15 is 0 Å². The van der Waals surface area contributed by atoms with Crippen molar-refractivity contribution in [2.24, 2.45) is 5.92 Å². The van der Waals surface area contributed by atoms with Gasteiger partial charge in [-0.1, -0.05) is 12.1 Å². The van der Waals surface area contributed by atoms with Gasteiger partial charge in [0.15, 0.2) is 5.58 Å². The fraction of sp³-hybridized carbons (Fsp3) is 0.533. The summed E-state index contributed by atoms with van der Waals surface area (Å²) in [4.78, 5) is 14.2. The topological polar surface area (TPSA) is 58.6 Å². The normalized spacial score (nSPS) is 17.9. The predicted molar refractivity (Wildman–Crippen MR) is 76.7 cm³/mol. The van der Waals surface area contributed by atoms with Crippen LogP contribution >= 0.6 is 0 Å². The molecule has 20 heavy (non-hydrogen) atoms. The third-order valence-corrected chi connectivity index (χ3v) is 4.18. The number of fused-ring (bicyclic) bond motifs is 1.